The van der Waals surface area contributed by atoms with Crippen LogP contribution in [0.25, 0.3) is 11.3 Å². The zero-order valence-electron chi connectivity index (χ0n) is 15.3. The molecule has 0 aliphatic heterocycles. The summed E-state index contributed by atoms with van der Waals surface area (Å²) in [4.78, 5) is 27.7. The van der Waals surface area contributed by atoms with Gasteiger partial charge < -0.3 is 5.73 Å². The molecule has 0 bridgehead atoms. The predicted octanol–water partition coefficient (Wildman–Crippen LogP) is 4.33. The average molecular weight is 381 g/mol. The smallest absolute Gasteiger partial charge is 0.272 e. The number of benzene rings is 2. The molecule has 1 heterocycles. The number of hydrogen-bond donors (Lipinski definition) is 1. The van der Waals surface area contributed by atoms with Gasteiger partial charge in [0.2, 0.25) is 0 Å². The molecule has 7 heteroatoms. The molecule has 0 fully saturated rings. The van der Waals surface area contributed by atoms with Crippen molar-refractivity contribution in [2.24, 2.45) is 5.73 Å². The molecule has 0 unspecified atom stereocenters. The lowest BCUT2D eigenvalue weighted by molar-refractivity contribution is -0.385. The summed E-state index contributed by atoms with van der Waals surface area (Å²) in [5, 5.41) is 11.8. The van der Waals surface area contributed by atoms with E-state index in [0.717, 1.165) is 27.3 Å². The Labute approximate surface area is 160 Å². The van der Waals surface area contributed by atoms with Crippen molar-refractivity contribution in [1.29, 1.82) is 0 Å². The van der Waals surface area contributed by atoms with Crippen molar-refractivity contribution in [1.82, 2.24) is 4.98 Å². The van der Waals surface area contributed by atoms with Gasteiger partial charge in [0.15, 0.2) is 0 Å². The third-order valence-electron chi connectivity index (χ3n) is 4.41. The summed E-state index contributed by atoms with van der Waals surface area (Å²) in [6.45, 7) is 5.55. The van der Waals surface area contributed by atoms with Gasteiger partial charge in [-0.25, -0.2) is 4.98 Å². The fraction of sp³-hybridized carbons (Fsp3) is 0.200. The molecule has 0 spiro atoms. The first-order valence-electron chi connectivity index (χ1n) is 8.37. The highest BCUT2D eigenvalue weighted by Gasteiger charge is 2.19. The molecule has 0 radical (unpaired) electrons. The van der Waals surface area contributed by atoms with Crippen molar-refractivity contribution in [3.05, 3.63) is 78.7 Å². The second kappa shape index (κ2) is 7.28. The van der Waals surface area contributed by atoms with Gasteiger partial charge in [-0.05, 0) is 38.0 Å². The van der Waals surface area contributed by atoms with E-state index in [4.69, 9.17) is 5.73 Å². The second-order valence-corrected chi connectivity index (χ2v) is 7.60. The van der Waals surface area contributed by atoms with E-state index in [1.54, 1.807) is 13.0 Å². The molecule has 0 atom stereocenters. The molecule has 3 rings (SSSR count). The molecular weight excluding hydrogens is 362 g/mol. The van der Waals surface area contributed by atoms with Crippen molar-refractivity contribution >= 4 is 22.9 Å². The summed E-state index contributed by atoms with van der Waals surface area (Å²) in [5.41, 5.74) is 10.6. The van der Waals surface area contributed by atoms with Gasteiger partial charge in [0, 0.05) is 23.6 Å². The van der Waals surface area contributed by atoms with Crippen molar-refractivity contribution in [3.8, 4) is 11.3 Å². The van der Waals surface area contributed by atoms with E-state index in [1.807, 2.05) is 44.2 Å². The van der Waals surface area contributed by atoms with Crippen LogP contribution in [0.3, 0.4) is 0 Å². The summed E-state index contributed by atoms with van der Waals surface area (Å²) >= 11 is 1.27. The topological polar surface area (TPSA) is 99.1 Å². The normalized spacial score (nSPS) is 10.8. The van der Waals surface area contributed by atoms with E-state index < -0.39 is 5.91 Å². The Morgan fingerprint density at radius 1 is 1.15 bits per heavy atom. The van der Waals surface area contributed by atoms with E-state index >= 15 is 0 Å². The molecular formula is C20H19N3O3S. The highest BCUT2D eigenvalue weighted by molar-refractivity contribution is 7.14. The van der Waals surface area contributed by atoms with Crippen LogP contribution < -0.4 is 5.73 Å². The zero-order chi connectivity index (χ0) is 19.7. The number of amides is 1. The lowest BCUT2D eigenvalue weighted by Gasteiger charge is -2.06. The van der Waals surface area contributed by atoms with E-state index in [2.05, 4.69) is 4.98 Å². The summed E-state index contributed by atoms with van der Waals surface area (Å²) in [6, 6.07) is 11.1. The summed E-state index contributed by atoms with van der Waals surface area (Å²) in [7, 11) is 0. The monoisotopic (exact) mass is 381 g/mol. The molecule has 0 aliphatic rings. The number of hydrogen-bond acceptors (Lipinski definition) is 5. The molecule has 2 N–H and O–H groups in total. The first-order chi connectivity index (χ1) is 12.8. The largest absolute Gasteiger partial charge is 0.365 e. The first kappa shape index (κ1) is 18.7. The quantitative estimate of drug-likeness (QED) is 0.525. The Bertz CT molecular complexity index is 1040. The molecule has 6 nitrogen and oxygen atoms in total. The lowest BCUT2D eigenvalue weighted by Crippen LogP contribution is -2.10. The highest BCUT2D eigenvalue weighted by Crippen LogP contribution is 2.31. The maximum atomic E-state index is 11.9. The fourth-order valence-corrected chi connectivity index (χ4v) is 3.89. The van der Waals surface area contributed by atoms with Crippen LogP contribution >= 0.6 is 11.3 Å². The van der Waals surface area contributed by atoms with Gasteiger partial charge in [0.25, 0.3) is 11.6 Å². The van der Waals surface area contributed by atoms with Crippen LogP contribution in [-0.2, 0) is 6.42 Å². The Kier molecular flexibility index (Phi) is 5.05. The summed E-state index contributed by atoms with van der Waals surface area (Å²) < 4.78 is 0. The lowest BCUT2D eigenvalue weighted by atomic mass is 10.0. The molecule has 0 aliphatic carbocycles. The number of thiazole rings is 1. The number of nitro benzene ring substituents is 1. The molecule has 1 aromatic heterocycles. The van der Waals surface area contributed by atoms with Gasteiger partial charge in [-0.1, -0.05) is 29.8 Å². The Morgan fingerprint density at radius 2 is 1.81 bits per heavy atom. The van der Waals surface area contributed by atoms with Crippen LogP contribution in [0.15, 0.2) is 36.4 Å². The molecule has 0 saturated heterocycles. The maximum absolute atomic E-state index is 11.9. The van der Waals surface area contributed by atoms with E-state index in [9.17, 15) is 14.9 Å². The number of nitrogens with zero attached hydrogens (tertiary/aromatic N) is 2. The van der Waals surface area contributed by atoms with Crippen LogP contribution in [0.4, 0.5) is 5.69 Å². The van der Waals surface area contributed by atoms with Crippen LogP contribution in [0.2, 0.25) is 0 Å². The van der Waals surface area contributed by atoms with Gasteiger partial charge in [0.05, 0.1) is 15.6 Å². The van der Waals surface area contributed by atoms with Gasteiger partial charge >= 0.3 is 0 Å². The number of aromatic nitrogens is 1. The van der Waals surface area contributed by atoms with Crippen LogP contribution in [0.1, 0.15) is 36.9 Å². The maximum Gasteiger partial charge on any atom is 0.272 e. The zero-order valence-corrected chi connectivity index (χ0v) is 16.1. The van der Waals surface area contributed by atoms with Crippen molar-refractivity contribution in [2.45, 2.75) is 27.2 Å². The fourth-order valence-electron chi connectivity index (χ4n) is 2.92. The van der Waals surface area contributed by atoms with Crippen molar-refractivity contribution in [3.63, 3.8) is 0 Å². The van der Waals surface area contributed by atoms with Crippen molar-refractivity contribution < 1.29 is 9.72 Å². The molecule has 138 valence electrons. The van der Waals surface area contributed by atoms with Crippen LogP contribution in [-0.4, -0.2) is 15.8 Å². The van der Waals surface area contributed by atoms with Gasteiger partial charge in [-0.2, -0.15) is 0 Å². The second-order valence-electron chi connectivity index (χ2n) is 6.51. The first-order valence-corrected chi connectivity index (χ1v) is 9.19. The molecule has 1 amide bonds. The Balaban J connectivity index is 2.00. The third kappa shape index (κ3) is 3.88. The number of nitrogens with two attached hydrogens (primary N) is 1. The number of carbonyl (C=O) groups excluding carboxylic acids is 1. The van der Waals surface area contributed by atoms with Gasteiger partial charge in [0.1, 0.15) is 4.88 Å². The van der Waals surface area contributed by atoms with Crippen molar-refractivity contribution in [2.75, 3.05) is 0 Å². The molecule has 2 aromatic carbocycles. The van der Waals surface area contributed by atoms with Gasteiger partial charge in [-0.15, -0.1) is 11.3 Å². The SMILES string of the molecule is Cc1ccc(-c2nc(Cc3cc(C)c([N+](=O)[O-])cc3C)sc2C(N)=O)cc1. The molecule has 0 saturated carbocycles. The Morgan fingerprint density at radius 3 is 2.41 bits per heavy atom. The molecule has 27 heavy (non-hydrogen) atoms. The predicted molar refractivity (Wildman–Crippen MR) is 106 cm³/mol. The van der Waals surface area contributed by atoms with E-state index in [0.29, 0.717) is 22.6 Å². The third-order valence-corrected chi connectivity index (χ3v) is 5.48. The number of primary amides is 1. The standard InChI is InChI=1S/C20H19N3O3S/c1-11-4-6-14(7-5-11)18-19(20(21)24)27-17(22-18)10-15-8-13(3)16(23(25)26)9-12(15)2/h4-9H,10H2,1-3H3,(H2,21,24). The number of carbonyl (C=O) groups is 1. The minimum absolute atomic E-state index is 0.105. The minimum Gasteiger partial charge on any atom is -0.365 e. The number of aryl methyl sites for hydroxylation is 3. The summed E-state index contributed by atoms with van der Waals surface area (Å²) in [5.74, 6) is -0.508. The Hall–Kier alpha value is -3.06. The number of rotatable bonds is 5. The van der Waals surface area contributed by atoms with Crippen LogP contribution in [0, 0.1) is 30.9 Å². The molecule has 3 aromatic rings. The van der Waals surface area contributed by atoms with E-state index in [1.165, 1.54) is 11.3 Å². The average Bonchev–Trinajstić information content (AvgIpc) is 3.02. The number of nitro groups is 1. The van der Waals surface area contributed by atoms with Gasteiger partial charge in [-0.3, -0.25) is 14.9 Å². The van der Waals surface area contributed by atoms with Crippen LogP contribution in [0.5, 0.6) is 0 Å². The minimum atomic E-state index is -0.508. The highest BCUT2D eigenvalue weighted by atomic mass is 32.1. The summed E-state index contributed by atoms with van der Waals surface area (Å²) in [6.07, 6.45) is 0.488. The van der Waals surface area contributed by atoms with E-state index in [-0.39, 0.29) is 10.6 Å².